The van der Waals surface area contributed by atoms with E-state index in [9.17, 15) is 18.0 Å². The second-order valence-electron chi connectivity index (χ2n) is 4.76. The molecule has 0 amide bonds. The van der Waals surface area contributed by atoms with Crippen molar-refractivity contribution in [3.63, 3.8) is 0 Å². The molecule has 0 aliphatic carbocycles. The summed E-state index contributed by atoms with van der Waals surface area (Å²) in [6, 6.07) is 11.5. The van der Waals surface area contributed by atoms with E-state index in [0.717, 1.165) is 0 Å². The highest BCUT2D eigenvalue weighted by Gasteiger charge is 2.30. The summed E-state index contributed by atoms with van der Waals surface area (Å²) in [4.78, 5) is 11.6. The quantitative estimate of drug-likeness (QED) is 0.680. The molecule has 2 rings (SSSR count). The first-order valence-corrected chi connectivity index (χ1v) is 7.13. The molecular formula is C18H13F3O4. The molecule has 0 unspecified atom stereocenters. The molecule has 0 aromatic heterocycles. The molecule has 0 saturated carbocycles. The summed E-state index contributed by atoms with van der Waals surface area (Å²) >= 11 is 0. The SMILES string of the molecule is O=C(OCCO)c1ccc(C#Cc2ccc(OC(F)(F)F)cc2)cc1. The lowest BCUT2D eigenvalue weighted by Gasteiger charge is -2.07. The van der Waals surface area contributed by atoms with Crippen molar-refractivity contribution in [2.75, 3.05) is 13.2 Å². The van der Waals surface area contributed by atoms with Gasteiger partial charge >= 0.3 is 12.3 Å². The van der Waals surface area contributed by atoms with Crippen molar-refractivity contribution in [1.82, 2.24) is 0 Å². The molecular weight excluding hydrogens is 337 g/mol. The molecule has 0 aliphatic rings. The third kappa shape index (κ3) is 6.20. The number of carbonyl (C=O) groups is 1. The van der Waals surface area contributed by atoms with Crippen LogP contribution in [0.3, 0.4) is 0 Å². The van der Waals surface area contributed by atoms with Gasteiger partial charge in [-0.3, -0.25) is 0 Å². The van der Waals surface area contributed by atoms with Crippen LogP contribution < -0.4 is 4.74 Å². The first-order valence-electron chi connectivity index (χ1n) is 7.13. The van der Waals surface area contributed by atoms with Crippen molar-refractivity contribution in [3.8, 4) is 17.6 Å². The van der Waals surface area contributed by atoms with Gasteiger partial charge in [0.05, 0.1) is 12.2 Å². The maximum Gasteiger partial charge on any atom is 0.573 e. The number of hydrogen-bond donors (Lipinski definition) is 1. The lowest BCUT2D eigenvalue weighted by atomic mass is 10.1. The fourth-order valence-corrected chi connectivity index (χ4v) is 1.80. The van der Waals surface area contributed by atoms with Gasteiger partial charge in [-0.2, -0.15) is 0 Å². The number of halogens is 3. The number of esters is 1. The van der Waals surface area contributed by atoms with Crippen molar-refractivity contribution < 1.29 is 32.5 Å². The fourth-order valence-electron chi connectivity index (χ4n) is 1.80. The zero-order chi connectivity index (χ0) is 18.3. The highest BCUT2D eigenvalue weighted by Crippen LogP contribution is 2.22. The molecule has 0 saturated heterocycles. The fraction of sp³-hybridized carbons (Fsp3) is 0.167. The van der Waals surface area contributed by atoms with Gasteiger partial charge in [0.1, 0.15) is 12.4 Å². The summed E-state index contributed by atoms with van der Waals surface area (Å²) < 4.78 is 44.8. The predicted octanol–water partition coefficient (Wildman–Crippen LogP) is 3.13. The molecule has 2 aromatic carbocycles. The van der Waals surface area contributed by atoms with Crippen LogP contribution in [0.1, 0.15) is 21.5 Å². The minimum absolute atomic E-state index is 0.0750. The Bertz CT molecular complexity index is 769. The predicted molar refractivity (Wildman–Crippen MR) is 82.9 cm³/mol. The molecule has 4 nitrogen and oxygen atoms in total. The van der Waals surface area contributed by atoms with Gasteiger partial charge in [0.15, 0.2) is 0 Å². The van der Waals surface area contributed by atoms with Gasteiger partial charge in [0.25, 0.3) is 0 Å². The molecule has 1 N–H and O–H groups in total. The Morgan fingerprint density at radius 2 is 1.48 bits per heavy atom. The summed E-state index contributed by atoms with van der Waals surface area (Å²) in [6.07, 6.45) is -4.73. The Morgan fingerprint density at radius 3 is 1.96 bits per heavy atom. The smallest absolute Gasteiger partial charge is 0.460 e. The normalized spacial score (nSPS) is 10.6. The molecule has 130 valence electrons. The average Bonchev–Trinajstić information content (AvgIpc) is 2.58. The minimum atomic E-state index is -4.73. The van der Waals surface area contributed by atoms with Crippen molar-refractivity contribution in [2.45, 2.75) is 6.36 Å². The summed E-state index contributed by atoms with van der Waals surface area (Å²) in [6.45, 7) is -0.323. The zero-order valence-electron chi connectivity index (χ0n) is 12.8. The van der Waals surface area contributed by atoms with E-state index in [2.05, 4.69) is 16.6 Å². The van der Waals surface area contributed by atoms with Crippen LogP contribution in [0.2, 0.25) is 0 Å². The topological polar surface area (TPSA) is 55.8 Å². The summed E-state index contributed by atoms with van der Waals surface area (Å²) in [7, 11) is 0. The van der Waals surface area contributed by atoms with Gasteiger partial charge in [-0.25, -0.2) is 4.79 Å². The third-order valence-electron chi connectivity index (χ3n) is 2.88. The van der Waals surface area contributed by atoms with Crippen LogP contribution in [-0.4, -0.2) is 30.7 Å². The molecule has 7 heteroatoms. The lowest BCUT2D eigenvalue weighted by Crippen LogP contribution is -2.16. The number of alkyl halides is 3. The van der Waals surface area contributed by atoms with Crippen LogP contribution in [0.5, 0.6) is 5.75 Å². The monoisotopic (exact) mass is 350 g/mol. The Hall–Kier alpha value is -2.98. The van der Waals surface area contributed by atoms with E-state index in [1.807, 2.05) is 0 Å². The Balaban J connectivity index is 2.02. The molecule has 0 aliphatic heterocycles. The number of carbonyl (C=O) groups excluding carboxylic acids is 1. The van der Waals surface area contributed by atoms with Crippen LogP contribution in [-0.2, 0) is 4.74 Å². The first kappa shape index (κ1) is 18.4. The van der Waals surface area contributed by atoms with Gasteiger partial charge in [-0.05, 0) is 48.5 Å². The van der Waals surface area contributed by atoms with Gasteiger partial charge < -0.3 is 14.6 Å². The van der Waals surface area contributed by atoms with Gasteiger partial charge in [0, 0.05) is 11.1 Å². The summed E-state index contributed by atoms with van der Waals surface area (Å²) in [5.74, 6) is 4.77. The van der Waals surface area contributed by atoms with E-state index < -0.39 is 12.3 Å². The lowest BCUT2D eigenvalue weighted by molar-refractivity contribution is -0.274. The second kappa shape index (κ2) is 8.22. The highest BCUT2D eigenvalue weighted by atomic mass is 19.4. The number of ether oxygens (including phenoxy) is 2. The summed E-state index contributed by atoms with van der Waals surface area (Å²) in [5, 5.41) is 8.60. The van der Waals surface area contributed by atoms with E-state index in [-0.39, 0.29) is 19.0 Å². The molecule has 0 fully saturated rings. The maximum atomic E-state index is 12.1. The van der Waals surface area contributed by atoms with Crippen molar-refractivity contribution in [1.29, 1.82) is 0 Å². The molecule has 0 atom stereocenters. The van der Waals surface area contributed by atoms with E-state index in [1.165, 1.54) is 36.4 Å². The number of benzene rings is 2. The average molecular weight is 350 g/mol. The number of aliphatic hydroxyl groups is 1. The molecule has 0 heterocycles. The van der Waals surface area contributed by atoms with Crippen LogP contribution in [0.25, 0.3) is 0 Å². The number of rotatable bonds is 4. The van der Waals surface area contributed by atoms with Crippen molar-refractivity contribution >= 4 is 5.97 Å². The van der Waals surface area contributed by atoms with Crippen LogP contribution in [0.4, 0.5) is 13.2 Å². The van der Waals surface area contributed by atoms with Crippen LogP contribution in [0.15, 0.2) is 48.5 Å². The van der Waals surface area contributed by atoms with Gasteiger partial charge in [-0.15, -0.1) is 13.2 Å². The second-order valence-corrected chi connectivity index (χ2v) is 4.76. The standard InChI is InChI=1S/C18H13F3O4/c19-18(20,21)25-16-9-5-14(6-10-16)2-1-13-3-7-15(8-4-13)17(23)24-12-11-22/h3-10,22H,11-12H2. The maximum absolute atomic E-state index is 12.1. The Morgan fingerprint density at radius 1 is 0.960 bits per heavy atom. The first-order chi connectivity index (χ1) is 11.9. The molecule has 0 radical (unpaired) electrons. The minimum Gasteiger partial charge on any atom is -0.460 e. The molecule has 25 heavy (non-hydrogen) atoms. The van der Waals surface area contributed by atoms with Gasteiger partial charge in [0.2, 0.25) is 0 Å². The van der Waals surface area contributed by atoms with Crippen LogP contribution in [0, 0.1) is 11.8 Å². The molecule has 2 aromatic rings. The number of aliphatic hydroxyl groups excluding tert-OH is 1. The van der Waals surface area contributed by atoms with E-state index in [4.69, 9.17) is 9.84 Å². The highest BCUT2D eigenvalue weighted by molar-refractivity contribution is 5.89. The van der Waals surface area contributed by atoms with Crippen molar-refractivity contribution in [2.24, 2.45) is 0 Å². The Kier molecular flexibility index (Phi) is 6.03. The third-order valence-corrected chi connectivity index (χ3v) is 2.88. The summed E-state index contributed by atoms with van der Waals surface area (Å²) in [5.41, 5.74) is 1.46. The van der Waals surface area contributed by atoms with E-state index in [0.29, 0.717) is 16.7 Å². The van der Waals surface area contributed by atoms with Gasteiger partial charge in [-0.1, -0.05) is 11.8 Å². The number of hydrogen-bond acceptors (Lipinski definition) is 4. The zero-order valence-corrected chi connectivity index (χ0v) is 12.8. The van der Waals surface area contributed by atoms with Crippen LogP contribution >= 0.6 is 0 Å². The van der Waals surface area contributed by atoms with E-state index in [1.54, 1.807) is 12.1 Å². The molecule has 0 bridgehead atoms. The van der Waals surface area contributed by atoms with E-state index >= 15 is 0 Å². The molecule has 0 spiro atoms. The largest absolute Gasteiger partial charge is 0.573 e. The van der Waals surface area contributed by atoms with Crippen molar-refractivity contribution in [3.05, 3.63) is 65.2 Å². The Labute approximate surface area is 141 Å².